The Hall–Kier alpha value is -0.280. The Morgan fingerprint density at radius 1 is 1.28 bits per heavy atom. The van der Waals surface area contributed by atoms with Crippen LogP contribution in [-0.4, -0.2) is 18.5 Å². The fraction of sp³-hybridized carbons (Fsp3) is 0.929. The summed E-state index contributed by atoms with van der Waals surface area (Å²) in [4.78, 5) is 11.8. The van der Waals surface area contributed by atoms with E-state index in [-0.39, 0.29) is 23.7 Å². The fourth-order valence-corrected chi connectivity index (χ4v) is 2.38. The molecular formula is C14H29ClN2O. The van der Waals surface area contributed by atoms with Gasteiger partial charge in [-0.1, -0.05) is 52.9 Å². The number of amides is 1. The first-order chi connectivity index (χ1) is 7.91. The van der Waals surface area contributed by atoms with Crippen LogP contribution in [-0.2, 0) is 4.79 Å². The van der Waals surface area contributed by atoms with Crippen LogP contribution in [0.5, 0.6) is 0 Å². The monoisotopic (exact) mass is 276 g/mol. The lowest BCUT2D eigenvalue weighted by Crippen LogP contribution is -2.48. The SMILES string of the molecule is CC(C)(C)[C@H](N)C(=O)NCCC1CCCCC1.Cl. The molecule has 0 saturated heterocycles. The van der Waals surface area contributed by atoms with Crippen LogP contribution in [0.4, 0.5) is 0 Å². The number of hydrogen-bond donors (Lipinski definition) is 2. The molecule has 108 valence electrons. The summed E-state index contributed by atoms with van der Waals surface area (Å²) in [6.07, 6.45) is 7.89. The topological polar surface area (TPSA) is 55.1 Å². The van der Waals surface area contributed by atoms with E-state index in [0.29, 0.717) is 0 Å². The summed E-state index contributed by atoms with van der Waals surface area (Å²) in [5, 5.41) is 2.97. The van der Waals surface area contributed by atoms with Crippen molar-refractivity contribution in [1.29, 1.82) is 0 Å². The van der Waals surface area contributed by atoms with E-state index in [9.17, 15) is 4.79 Å². The van der Waals surface area contributed by atoms with Crippen LogP contribution in [0.1, 0.15) is 59.3 Å². The fourth-order valence-electron chi connectivity index (χ4n) is 2.38. The van der Waals surface area contributed by atoms with Gasteiger partial charge in [0.2, 0.25) is 5.91 Å². The molecule has 1 fully saturated rings. The normalized spacial score (nSPS) is 18.9. The molecule has 1 rings (SSSR count). The van der Waals surface area contributed by atoms with Crippen LogP contribution in [0, 0.1) is 11.3 Å². The Balaban J connectivity index is 0.00000289. The van der Waals surface area contributed by atoms with Crippen molar-refractivity contribution in [3.63, 3.8) is 0 Å². The van der Waals surface area contributed by atoms with Crippen molar-refractivity contribution >= 4 is 18.3 Å². The third-order valence-corrected chi connectivity index (χ3v) is 3.79. The third-order valence-electron chi connectivity index (χ3n) is 3.79. The number of nitrogens with two attached hydrogens (primary N) is 1. The summed E-state index contributed by atoms with van der Waals surface area (Å²) in [5.74, 6) is 0.809. The van der Waals surface area contributed by atoms with E-state index in [1.807, 2.05) is 20.8 Å². The second-order valence-corrected chi connectivity index (χ2v) is 6.43. The molecule has 0 bridgehead atoms. The number of rotatable bonds is 4. The van der Waals surface area contributed by atoms with Gasteiger partial charge < -0.3 is 11.1 Å². The van der Waals surface area contributed by atoms with E-state index in [1.165, 1.54) is 32.1 Å². The van der Waals surface area contributed by atoms with E-state index in [0.717, 1.165) is 18.9 Å². The van der Waals surface area contributed by atoms with Gasteiger partial charge in [0.25, 0.3) is 0 Å². The molecule has 3 N–H and O–H groups in total. The van der Waals surface area contributed by atoms with Gasteiger partial charge >= 0.3 is 0 Å². The molecule has 0 heterocycles. The molecule has 1 amide bonds. The highest BCUT2D eigenvalue weighted by atomic mass is 35.5. The molecule has 0 spiro atoms. The molecular weight excluding hydrogens is 248 g/mol. The van der Waals surface area contributed by atoms with Crippen molar-refractivity contribution < 1.29 is 4.79 Å². The van der Waals surface area contributed by atoms with Crippen molar-refractivity contribution in [1.82, 2.24) is 5.32 Å². The molecule has 0 aromatic carbocycles. The quantitative estimate of drug-likeness (QED) is 0.830. The predicted molar refractivity (Wildman–Crippen MR) is 78.9 cm³/mol. The van der Waals surface area contributed by atoms with Crippen molar-refractivity contribution in [2.75, 3.05) is 6.54 Å². The minimum atomic E-state index is -0.408. The Kier molecular flexibility index (Phi) is 7.88. The van der Waals surface area contributed by atoms with E-state index in [1.54, 1.807) is 0 Å². The smallest absolute Gasteiger partial charge is 0.237 e. The number of halogens is 1. The highest BCUT2D eigenvalue weighted by molar-refractivity contribution is 5.85. The molecule has 0 aliphatic heterocycles. The van der Waals surface area contributed by atoms with Crippen LogP contribution >= 0.6 is 12.4 Å². The Labute approximate surface area is 118 Å². The summed E-state index contributed by atoms with van der Waals surface area (Å²) in [7, 11) is 0. The molecule has 4 heteroatoms. The summed E-state index contributed by atoms with van der Waals surface area (Å²) < 4.78 is 0. The zero-order chi connectivity index (χ0) is 12.9. The maximum Gasteiger partial charge on any atom is 0.237 e. The van der Waals surface area contributed by atoms with Crippen LogP contribution in [0.3, 0.4) is 0 Å². The van der Waals surface area contributed by atoms with Gasteiger partial charge in [-0.05, 0) is 17.8 Å². The largest absolute Gasteiger partial charge is 0.355 e. The van der Waals surface area contributed by atoms with Gasteiger partial charge in [-0.15, -0.1) is 12.4 Å². The van der Waals surface area contributed by atoms with Crippen molar-refractivity contribution in [2.24, 2.45) is 17.1 Å². The first-order valence-electron chi connectivity index (χ1n) is 6.94. The van der Waals surface area contributed by atoms with Gasteiger partial charge in [-0.3, -0.25) is 4.79 Å². The lowest BCUT2D eigenvalue weighted by atomic mass is 9.86. The van der Waals surface area contributed by atoms with Crippen molar-refractivity contribution in [3.8, 4) is 0 Å². The van der Waals surface area contributed by atoms with Crippen molar-refractivity contribution in [3.05, 3.63) is 0 Å². The van der Waals surface area contributed by atoms with E-state index >= 15 is 0 Å². The Morgan fingerprint density at radius 2 is 1.83 bits per heavy atom. The summed E-state index contributed by atoms with van der Waals surface area (Å²) in [6.45, 7) is 6.78. The lowest BCUT2D eigenvalue weighted by molar-refractivity contribution is -0.124. The second kappa shape index (κ2) is 8.00. The number of carbonyl (C=O) groups is 1. The zero-order valence-electron chi connectivity index (χ0n) is 12.0. The predicted octanol–water partition coefficient (Wildman–Crippen LogP) is 2.87. The van der Waals surface area contributed by atoms with Crippen LogP contribution in [0.25, 0.3) is 0 Å². The van der Waals surface area contributed by atoms with Crippen LogP contribution < -0.4 is 11.1 Å². The number of hydrogen-bond acceptors (Lipinski definition) is 2. The summed E-state index contributed by atoms with van der Waals surface area (Å²) in [6, 6.07) is -0.408. The average molecular weight is 277 g/mol. The average Bonchev–Trinajstić information content (AvgIpc) is 2.28. The highest BCUT2D eigenvalue weighted by Crippen LogP contribution is 2.25. The maximum atomic E-state index is 11.8. The summed E-state index contributed by atoms with van der Waals surface area (Å²) in [5.41, 5.74) is 5.74. The van der Waals surface area contributed by atoms with Crippen LogP contribution in [0.2, 0.25) is 0 Å². The molecule has 0 unspecified atom stereocenters. The first-order valence-corrected chi connectivity index (χ1v) is 6.94. The molecule has 1 atom stereocenters. The second-order valence-electron chi connectivity index (χ2n) is 6.43. The van der Waals surface area contributed by atoms with Gasteiger partial charge in [0.1, 0.15) is 0 Å². The molecule has 18 heavy (non-hydrogen) atoms. The van der Waals surface area contributed by atoms with E-state index in [2.05, 4.69) is 5.32 Å². The lowest BCUT2D eigenvalue weighted by Gasteiger charge is -2.26. The Morgan fingerprint density at radius 3 is 2.33 bits per heavy atom. The summed E-state index contributed by atoms with van der Waals surface area (Å²) >= 11 is 0. The molecule has 3 nitrogen and oxygen atoms in total. The van der Waals surface area contributed by atoms with Gasteiger partial charge in [0.15, 0.2) is 0 Å². The molecule has 0 aromatic heterocycles. The molecule has 1 aliphatic carbocycles. The van der Waals surface area contributed by atoms with Gasteiger partial charge in [0.05, 0.1) is 6.04 Å². The minimum absolute atomic E-state index is 0. The van der Waals surface area contributed by atoms with E-state index in [4.69, 9.17) is 5.73 Å². The Bertz CT molecular complexity index is 245. The maximum absolute atomic E-state index is 11.8. The number of carbonyl (C=O) groups excluding carboxylic acids is 1. The molecule has 1 aliphatic rings. The van der Waals surface area contributed by atoms with Gasteiger partial charge in [-0.25, -0.2) is 0 Å². The number of nitrogens with one attached hydrogen (secondary N) is 1. The van der Waals surface area contributed by atoms with Gasteiger partial charge in [-0.2, -0.15) is 0 Å². The van der Waals surface area contributed by atoms with E-state index < -0.39 is 6.04 Å². The van der Waals surface area contributed by atoms with Gasteiger partial charge in [0, 0.05) is 6.54 Å². The molecule has 0 aromatic rings. The first kappa shape index (κ1) is 17.7. The standard InChI is InChI=1S/C14H28N2O.ClH/c1-14(2,3)12(15)13(17)16-10-9-11-7-5-4-6-8-11;/h11-12H,4-10,15H2,1-3H3,(H,16,17);1H/t12-;/m1./s1. The zero-order valence-corrected chi connectivity index (χ0v) is 12.8. The molecule has 1 saturated carbocycles. The minimum Gasteiger partial charge on any atom is -0.355 e. The third kappa shape index (κ3) is 6.05. The van der Waals surface area contributed by atoms with Crippen LogP contribution in [0.15, 0.2) is 0 Å². The highest BCUT2D eigenvalue weighted by Gasteiger charge is 2.27. The van der Waals surface area contributed by atoms with Crippen molar-refractivity contribution in [2.45, 2.75) is 65.3 Å². The molecule has 0 radical (unpaired) electrons.